The second-order valence-electron chi connectivity index (χ2n) is 3.47. The number of carboxylic acids is 1. The van der Waals surface area contributed by atoms with Crippen molar-refractivity contribution >= 4 is 18.0 Å². The zero-order valence-corrected chi connectivity index (χ0v) is 9.75. The summed E-state index contributed by atoms with van der Waals surface area (Å²) in [6, 6.07) is 3.24. The number of rotatable bonds is 4. The van der Waals surface area contributed by atoms with Gasteiger partial charge < -0.3 is 10.0 Å². The standard InChI is InChI=1S/C12H14N2O3/c1-3-14(2)12(17)10-6-4-9(8-13-10)5-7-11(15)16/h4-8H,3H2,1-2H3,(H,15,16)/b7-5+. The Morgan fingerprint density at radius 3 is 2.65 bits per heavy atom. The highest BCUT2D eigenvalue weighted by Gasteiger charge is 2.10. The van der Waals surface area contributed by atoms with Gasteiger partial charge in [0.25, 0.3) is 5.91 Å². The maximum Gasteiger partial charge on any atom is 0.328 e. The lowest BCUT2D eigenvalue weighted by atomic mass is 10.2. The van der Waals surface area contributed by atoms with E-state index in [1.165, 1.54) is 12.3 Å². The Bertz CT molecular complexity index is 438. The molecule has 90 valence electrons. The van der Waals surface area contributed by atoms with E-state index >= 15 is 0 Å². The summed E-state index contributed by atoms with van der Waals surface area (Å²) in [6.45, 7) is 2.49. The molecule has 5 heteroatoms. The molecule has 0 aliphatic heterocycles. The number of pyridine rings is 1. The van der Waals surface area contributed by atoms with Crippen LogP contribution in [-0.2, 0) is 4.79 Å². The molecule has 0 aliphatic rings. The highest BCUT2D eigenvalue weighted by molar-refractivity contribution is 5.92. The number of hydrogen-bond donors (Lipinski definition) is 1. The molecule has 1 N–H and O–H groups in total. The number of carbonyl (C=O) groups excluding carboxylic acids is 1. The van der Waals surface area contributed by atoms with Crippen LogP contribution in [0.1, 0.15) is 23.0 Å². The molecule has 0 fully saturated rings. The van der Waals surface area contributed by atoms with Crippen LogP contribution in [0.2, 0.25) is 0 Å². The molecule has 0 atom stereocenters. The van der Waals surface area contributed by atoms with Crippen molar-refractivity contribution in [2.24, 2.45) is 0 Å². The topological polar surface area (TPSA) is 70.5 Å². The summed E-state index contributed by atoms with van der Waals surface area (Å²) in [4.78, 5) is 27.6. The van der Waals surface area contributed by atoms with E-state index in [1.807, 2.05) is 6.92 Å². The highest BCUT2D eigenvalue weighted by Crippen LogP contribution is 2.04. The molecule has 1 amide bonds. The molecule has 1 aromatic rings. The van der Waals surface area contributed by atoms with Crippen molar-refractivity contribution in [2.75, 3.05) is 13.6 Å². The Hall–Kier alpha value is -2.17. The number of amides is 1. The Morgan fingerprint density at radius 2 is 2.18 bits per heavy atom. The number of nitrogens with zero attached hydrogens (tertiary/aromatic N) is 2. The van der Waals surface area contributed by atoms with Gasteiger partial charge in [-0.25, -0.2) is 4.79 Å². The van der Waals surface area contributed by atoms with Crippen LogP contribution in [0, 0.1) is 0 Å². The first kappa shape index (κ1) is 12.9. The third kappa shape index (κ3) is 3.71. The summed E-state index contributed by atoms with van der Waals surface area (Å²) in [6.07, 6.45) is 3.92. The second kappa shape index (κ2) is 5.79. The molecule has 0 aliphatic carbocycles. The normalized spacial score (nSPS) is 10.5. The fraction of sp³-hybridized carbons (Fsp3) is 0.250. The molecule has 1 rings (SSSR count). The first-order valence-corrected chi connectivity index (χ1v) is 5.17. The van der Waals surface area contributed by atoms with Crippen LogP contribution in [0.4, 0.5) is 0 Å². The molecule has 0 bridgehead atoms. The van der Waals surface area contributed by atoms with E-state index in [2.05, 4.69) is 4.98 Å². The zero-order valence-electron chi connectivity index (χ0n) is 9.75. The lowest BCUT2D eigenvalue weighted by Crippen LogP contribution is -2.26. The third-order valence-electron chi connectivity index (χ3n) is 2.24. The fourth-order valence-electron chi connectivity index (χ4n) is 1.14. The molecule has 5 nitrogen and oxygen atoms in total. The molecule has 1 heterocycles. The number of carbonyl (C=O) groups is 2. The minimum absolute atomic E-state index is 0.152. The molecular weight excluding hydrogens is 220 g/mol. The van der Waals surface area contributed by atoms with Gasteiger partial charge in [0.05, 0.1) is 0 Å². The number of aromatic nitrogens is 1. The van der Waals surface area contributed by atoms with E-state index in [9.17, 15) is 9.59 Å². The van der Waals surface area contributed by atoms with E-state index in [0.29, 0.717) is 17.8 Å². The van der Waals surface area contributed by atoms with Gasteiger partial charge >= 0.3 is 5.97 Å². The van der Waals surface area contributed by atoms with Gasteiger partial charge in [-0.15, -0.1) is 0 Å². The minimum atomic E-state index is -1.02. The molecule has 17 heavy (non-hydrogen) atoms. The van der Waals surface area contributed by atoms with E-state index in [0.717, 1.165) is 6.08 Å². The summed E-state index contributed by atoms with van der Waals surface area (Å²) < 4.78 is 0. The van der Waals surface area contributed by atoms with Crippen molar-refractivity contribution in [2.45, 2.75) is 6.92 Å². The van der Waals surface area contributed by atoms with Crippen LogP contribution in [-0.4, -0.2) is 40.5 Å². The molecule has 0 aromatic carbocycles. The maximum atomic E-state index is 11.7. The first-order valence-electron chi connectivity index (χ1n) is 5.17. The van der Waals surface area contributed by atoms with E-state index < -0.39 is 5.97 Å². The lowest BCUT2D eigenvalue weighted by molar-refractivity contribution is -0.131. The van der Waals surface area contributed by atoms with Crippen molar-refractivity contribution in [1.29, 1.82) is 0 Å². The second-order valence-corrected chi connectivity index (χ2v) is 3.47. The minimum Gasteiger partial charge on any atom is -0.478 e. The molecule has 0 radical (unpaired) electrons. The molecule has 1 aromatic heterocycles. The lowest BCUT2D eigenvalue weighted by Gasteiger charge is -2.13. The Balaban J connectivity index is 2.81. The average Bonchev–Trinajstić information content (AvgIpc) is 2.35. The summed E-state index contributed by atoms with van der Waals surface area (Å²) in [5.41, 5.74) is 0.991. The predicted molar refractivity (Wildman–Crippen MR) is 63.5 cm³/mol. The van der Waals surface area contributed by atoms with Gasteiger partial charge in [-0.05, 0) is 24.6 Å². The first-order chi connectivity index (χ1) is 8.04. The van der Waals surface area contributed by atoms with Crippen molar-refractivity contribution in [1.82, 2.24) is 9.88 Å². The van der Waals surface area contributed by atoms with Crippen LogP contribution in [0.3, 0.4) is 0 Å². The van der Waals surface area contributed by atoms with Crippen LogP contribution >= 0.6 is 0 Å². The van der Waals surface area contributed by atoms with Gasteiger partial charge in [0.15, 0.2) is 0 Å². The number of aliphatic carboxylic acids is 1. The van der Waals surface area contributed by atoms with Crippen molar-refractivity contribution in [3.63, 3.8) is 0 Å². The van der Waals surface area contributed by atoms with Crippen molar-refractivity contribution < 1.29 is 14.7 Å². The maximum absolute atomic E-state index is 11.7. The van der Waals surface area contributed by atoms with Crippen LogP contribution in [0.25, 0.3) is 6.08 Å². The Morgan fingerprint density at radius 1 is 1.47 bits per heavy atom. The van der Waals surface area contributed by atoms with Crippen molar-refractivity contribution in [3.8, 4) is 0 Å². The monoisotopic (exact) mass is 234 g/mol. The average molecular weight is 234 g/mol. The fourth-order valence-corrected chi connectivity index (χ4v) is 1.14. The Kier molecular flexibility index (Phi) is 4.39. The predicted octanol–water partition coefficient (Wildman–Crippen LogP) is 1.27. The summed E-state index contributed by atoms with van der Waals surface area (Å²) >= 11 is 0. The van der Waals surface area contributed by atoms with Crippen LogP contribution in [0.5, 0.6) is 0 Å². The SMILES string of the molecule is CCN(C)C(=O)c1ccc(/C=C/C(=O)O)cn1. The van der Waals surface area contributed by atoms with E-state index in [4.69, 9.17) is 5.11 Å². The van der Waals surface area contributed by atoms with Gasteiger partial charge in [0, 0.05) is 25.9 Å². The summed E-state index contributed by atoms with van der Waals surface area (Å²) in [7, 11) is 1.70. The molecule has 0 spiro atoms. The van der Waals surface area contributed by atoms with Crippen molar-refractivity contribution in [3.05, 3.63) is 35.7 Å². The quantitative estimate of drug-likeness (QED) is 0.796. The van der Waals surface area contributed by atoms with E-state index in [1.54, 1.807) is 24.1 Å². The Labute approximate surface area is 99.4 Å². The number of hydrogen-bond acceptors (Lipinski definition) is 3. The zero-order chi connectivity index (χ0) is 12.8. The third-order valence-corrected chi connectivity index (χ3v) is 2.24. The summed E-state index contributed by atoms with van der Waals surface area (Å²) in [5, 5.41) is 8.45. The molecule has 0 saturated heterocycles. The summed E-state index contributed by atoms with van der Waals surface area (Å²) in [5.74, 6) is -1.17. The van der Waals surface area contributed by atoms with Gasteiger partial charge in [-0.3, -0.25) is 9.78 Å². The molecular formula is C12H14N2O3. The van der Waals surface area contributed by atoms with Gasteiger partial charge in [0.1, 0.15) is 5.69 Å². The molecule has 0 unspecified atom stereocenters. The molecule has 0 saturated carbocycles. The van der Waals surface area contributed by atoms with E-state index in [-0.39, 0.29) is 5.91 Å². The van der Waals surface area contributed by atoms with Crippen LogP contribution < -0.4 is 0 Å². The largest absolute Gasteiger partial charge is 0.478 e. The van der Waals surface area contributed by atoms with Gasteiger partial charge in [-0.2, -0.15) is 0 Å². The van der Waals surface area contributed by atoms with Gasteiger partial charge in [-0.1, -0.05) is 6.07 Å². The smallest absolute Gasteiger partial charge is 0.328 e. The highest BCUT2D eigenvalue weighted by atomic mass is 16.4. The van der Waals surface area contributed by atoms with Gasteiger partial charge in [0.2, 0.25) is 0 Å². The number of carboxylic acid groups (broad SMARTS) is 1. The van der Waals surface area contributed by atoms with Crippen LogP contribution in [0.15, 0.2) is 24.4 Å².